The third-order valence-corrected chi connectivity index (χ3v) is 7.20. The molecule has 10 heteroatoms. The number of carbonyl (C=O) groups is 1. The fourth-order valence-electron chi connectivity index (χ4n) is 4.42. The molecule has 1 aliphatic heterocycles. The van der Waals surface area contributed by atoms with Crippen molar-refractivity contribution in [3.05, 3.63) is 77.9 Å². The number of ether oxygens (including phenoxy) is 2. The number of hydrogen-bond donors (Lipinski definition) is 2. The van der Waals surface area contributed by atoms with Crippen LogP contribution in [0.2, 0.25) is 0 Å². The van der Waals surface area contributed by atoms with Gasteiger partial charge in [-0.05, 0) is 55.3 Å². The van der Waals surface area contributed by atoms with Crippen LogP contribution in [0.25, 0.3) is 0 Å². The Balaban J connectivity index is 1.80. The second-order valence-electron chi connectivity index (χ2n) is 8.68. The number of benzene rings is 3. The number of sulfonamides is 1. The third kappa shape index (κ3) is 5.81. The molecule has 0 saturated carbocycles. The molecule has 4 rings (SSSR count). The van der Waals surface area contributed by atoms with Gasteiger partial charge in [-0.25, -0.2) is 8.42 Å². The highest BCUT2D eigenvalue weighted by Gasteiger charge is 2.37. The van der Waals surface area contributed by atoms with Crippen LogP contribution in [0.4, 0.5) is 17.1 Å². The van der Waals surface area contributed by atoms with Gasteiger partial charge in [0.05, 0.1) is 36.6 Å². The van der Waals surface area contributed by atoms with E-state index in [-0.39, 0.29) is 19.0 Å². The Kier molecular flexibility index (Phi) is 8.33. The van der Waals surface area contributed by atoms with E-state index in [9.17, 15) is 13.2 Å². The van der Waals surface area contributed by atoms with Gasteiger partial charge in [-0.3, -0.25) is 14.1 Å². The quantitative estimate of drug-likeness (QED) is 0.356. The van der Waals surface area contributed by atoms with E-state index in [0.717, 1.165) is 17.4 Å². The van der Waals surface area contributed by atoms with Gasteiger partial charge >= 0.3 is 0 Å². The van der Waals surface area contributed by atoms with Crippen molar-refractivity contribution in [3.63, 3.8) is 0 Å². The van der Waals surface area contributed by atoms with Crippen LogP contribution in [0.3, 0.4) is 0 Å². The van der Waals surface area contributed by atoms with Gasteiger partial charge in [0.2, 0.25) is 15.9 Å². The van der Waals surface area contributed by atoms with Gasteiger partial charge in [0.25, 0.3) is 0 Å². The Labute approximate surface area is 223 Å². The third-order valence-electron chi connectivity index (χ3n) is 6.01. The summed E-state index contributed by atoms with van der Waals surface area (Å²) in [6.45, 7) is 5.05. The second-order valence-corrected chi connectivity index (χ2v) is 10.6. The lowest BCUT2D eigenvalue weighted by Gasteiger charge is -2.21. The lowest BCUT2D eigenvalue weighted by atomic mass is 9.90. The standard InChI is InChI=1S/C28H32N4O5S/c1-4-36-24-17-22-23(18-25(24)37-5-2)31-28(33)26(22)27(19-9-7-6-8-10-19)30-20-11-13-21(14-12-20)32(16-15-29)38(3,34)35/h6-14,17-18,26H,4-5,15-16,29H2,1-3H3,(H,31,33). The van der Waals surface area contributed by atoms with Crippen molar-refractivity contribution in [1.29, 1.82) is 0 Å². The molecule has 3 N–H and O–H groups in total. The van der Waals surface area contributed by atoms with Crippen molar-refractivity contribution in [2.45, 2.75) is 19.8 Å². The Morgan fingerprint density at radius 1 is 1.00 bits per heavy atom. The number of anilines is 2. The van der Waals surface area contributed by atoms with Gasteiger partial charge in [0.15, 0.2) is 11.5 Å². The zero-order chi connectivity index (χ0) is 27.3. The molecule has 200 valence electrons. The highest BCUT2D eigenvalue weighted by atomic mass is 32.2. The topological polar surface area (TPSA) is 123 Å². The predicted octanol–water partition coefficient (Wildman–Crippen LogP) is 4.07. The van der Waals surface area contributed by atoms with E-state index in [1.807, 2.05) is 50.2 Å². The highest BCUT2D eigenvalue weighted by Crippen LogP contribution is 2.43. The van der Waals surface area contributed by atoms with E-state index >= 15 is 0 Å². The van der Waals surface area contributed by atoms with E-state index in [4.69, 9.17) is 20.2 Å². The number of amides is 1. The summed E-state index contributed by atoms with van der Waals surface area (Å²) in [4.78, 5) is 18.2. The number of rotatable bonds is 11. The highest BCUT2D eigenvalue weighted by molar-refractivity contribution is 7.92. The fraction of sp³-hybridized carbons (Fsp3) is 0.286. The SMILES string of the molecule is CCOc1cc2c(cc1OCC)C(C(=Nc1ccc(N(CCN)S(C)(=O)=O)cc1)c1ccccc1)C(=O)N2. The first-order valence-electron chi connectivity index (χ1n) is 12.4. The van der Waals surface area contributed by atoms with Crippen LogP contribution < -0.4 is 24.8 Å². The summed E-state index contributed by atoms with van der Waals surface area (Å²) < 4.78 is 37.2. The van der Waals surface area contributed by atoms with Crippen LogP contribution in [0.15, 0.2) is 71.7 Å². The Bertz CT molecular complexity index is 1420. The van der Waals surface area contributed by atoms with E-state index in [0.29, 0.717) is 47.5 Å². The van der Waals surface area contributed by atoms with E-state index in [1.54, 1.807) is 30.3 Å². The summed E-state index contributed by atoms with van der Waals surface area (Å²) in [7, 11) is -3.49. The molecular formula is C28H32N4O5S. The minimum atomic E-state index is -3.49. The largest absolute Gasteiger partial charge is 0.490 e. The Hall–Kier alpha value is -3.89. The fourth-order valence-corrected chi connectivity index (χ4v) is 5.36. The number of fused-ring (bicyclic) bond motifs is 1. The molecule has 0 radical (unpaired) electrons. The molecule has 1 unspecified atom stereocenters. The van der Waals surface area contributed by atoms with Gasteiger partial charge in [-0.1, -0.05) is 30.3 Å². The molecule has 9 nitrogen and oxygen atoms in total. The summed E-state index contributed by atoms with van der Waals surface area (Å²) in [6.07, 6.45) is 1.14. The molecule has 38 heavy (non-hydrogen) atoms. The normalized spacial score (nSPS) is 15.1. The Morgan fingerprint density at radius 2 is 1.63 bits per heavy atom. The number of nitrogens with one attached hydrogen (secondary N) is 1. The average molecular weight is 537 g/mol. The maximum Gasteiger partial charge on any atom is 0.238 e. The molecule has 0 saturated heterocycles. The summed E-state index contributed by atoms with van der Waals surface area (Å²) in [5.41, 5.74) is 9.43. The molecule has 1 aliphatic rings. The van der Waals surface area contributed by atoms with Crippen molar-refractivity contribution >= 4 is 38.7 Å². The van der Waals surface area contributed by atoms with Crippen molar-refractivity contribution in [1.82, 2.24) is 0 Å². The first-order valence-corrected chi connectivity index (χ1v) is 14.3. The zero-order valence-electron chi connectivity index (χ0n) is 21.7. The molecule has 0 aromatic heterocycles. The van der Waals surface area contributed by atoms with Crippen LogP contribution in [0.1, 0.15) is 30.9 Å². The van der Waals surface area contributed by atoms with Gasteiger partial charge in [-0.2, -0.15) is 0 Å². The molecule has 0 fully saturated rings. The first kappa shape index (κ1) is 27.2. The van der Waals surface area contributed by atoms with Gasteiger partial charge in [0, 0.05) is 24.8 Å². The summed E-state index contributed by atoms with van der Waals surface area (Å²) in [5.74, 6) is 0.233. The van der Waals surface area contributed by atoms with Gasteiger partial charge < -0.3 is 20.5 Å². The van der Waals surface area contributed by atoms with Crippen LogP contribution in [-0.2, 0) is 14.8 Å². The lowest BCUT2D eigenvalue weighted by molar-refractivity contribution is -0.115. The molecule has 0 aliphatic carbocycles. The van der Waals surface area contributed by atoms with Crippen molar-refractivity contribution in [2.24, 2.45) is 10.7 Å². The molecule has 3 aromatic rings. The first-order chi connectivity index (χ1) is 18.3. The van der Waals surface area contributed by atoms with Crippen molar-refractivity contribution < 1.29 is 22.7 Å². The van der Waals surface area contributed by atoms with Crippen LogP contribution >= 0.6 is 0 Å². The predicted molar refractivity (Wildman–Crippen MR) is 150 cm³/mol. The number of nitrogens with two attached hydrogens (primary N) is 1. The van der Waals surface area contributed by atoms with E-state index in [2.05, 4.69) is 5.32 Å². The van der Waals surface area contributed by atoms with E-state index < -0.39 is 15.9 Å². The monoisotopic (exact) mass is 536 g/mol. The minimum absolute atomic E-state index is 0.168. The molecule has 0 bridgehead atoms. The van der Waals surface area contributed by atoms with Crippen molar-refractivity contribution in [2.75, 3.05) is 42.2 Å². The molecular weight excluding hydrogens is 504 g/mol. The number of hydrogen-bond acceptors (Lipinski definition) is 7. The summed E-state index contributed by atoms with van der Waals surface area (Å²) in [5, 5.41) is 2.97. The van der Waals surface area contributed by atoms with Crippen LogP contribution in [0.5, 0.6) is 11.5 Å². The second kappa shape index (κ2) is 11.7. The molecule has 0 spiro atoms. The number of nitrogens with zero attached hydrogens (tertiary/aromatic N) is 2. The molecule has 3 aromatic carbocycles. The van der Waals surface area contributed by atoms with E-state index in [1.165, 1.54) is 4.31 Å². The zero-order valence-corrected chi connectivity index (χ0v) is 22.5. The molecule has 1 heterocycles. The average Bonchev–Trinajstić information content (AvgIpc) is 3.21. The maximum absolute atomic E-state index is 13.3. The van der Waals surface area contributed by atoms with Crippen molar-refractivity contribution in [3.8, 4) is 11.5 Å². The maximum atomic E-state index is 13.3. The van der Waals surface area contributed by atoms with Crippen LogP contribution in [0, 0.1) is 0 Å². The minimum Gasteiger partial charge on any atom is -0.490 e. The van der Waals surface area contributed by atoms with Gasteiger partial charge in [-0.15, -0.1) is 0 Å². The van der Waals surface area contributed by atoms with Crippen LogP contribution in [-0.4, -0.2) is 52.6 Å². The number of aliphatic imine (C=N–C) groups is 1. The van der Waals surface area contributed by atoms with Gasteiger partial charge in [0.1, 0.15) is 5.92 Å². The summed E-state index contributed by atoms with van der Waals surface area (Å²) >= 11 is 0. The molecule has 1 amide bonds. The Morgan fingerprint density at radius 3 is 2.21 bits per heavy atom. The lowest BCUT2D eigenvalue weighted by Crippen LogP contribution is -2.34. The summed E-state index contributed by atoms with van der Waals surface area (Å²) in [6, 6.07) is 19.9. The smallest absolute Gasteiger partial charge is 0.238 e. The number of carbonyl (C=O) groups excluding carboxylic acids is 1. The molecule has 1 atom stereocenters.